The van der Waals surface area contributed by atoms with Gasteiger partial charge in [0, 0.05) is 34.1 Å². The van der Waals surface area contributed by atoms with Crippen molar-refractivity contribution in [3.8, 4) is 16.9 Å². The molecule has 0 bridgehead atoms. The maximum absolute atomic E-state index is 13.4. The van der Waals surface area contributed by atoms with Crippen molar-refractivity contribution in [1.29, 1.82) is 0 Å². The molecule has 2 amide bonds. The number of benzene rings is 3. The number of H-pyrrole nitrogens is 1. The first-order valence-electron chi connectivity index (χ1n) is 14.5. The number of amides is 2. The number of anilines is 1. The molecule has 3 aromatic carbocycles. The number of hydrogen-bond donors (Lipinski definition) is 3. The van der Waals surface area contributed by atoms with E-state index in [0.29, 0.717) is 56.2 Å². The van der Waals surface area contributed by atoms with Crippen LogP contribution in [-0.4, -0.2) is 51.4 Å². The number of methoxy groups -OCH3 is 1. The van der Waals surface area contributed by atoms with E-state index in [9.17, 15) is 14.4 Å². The van der Waals surface area contributed by atoms with Crippen molar-refractivity contribution < 1.29 is 23.9 Å². The van der Waals surface area contributed by atoms with Crippen LogP contribution in [-0.2, 0) is 20.7 Å². The Morgan fingerprint density at radius 3 is 2.53 bits per heavy atom. The summed E-state index contributed by atoms with van der Waals surface area (Å²) in [6.45, 7) is 1.97. The fourth-order valence-corrected chi connectivity index (χ4v) is 5.13. The molecule has 0 aliphatic heterocycles. The Morgan fingerprint density at radius 1 is 1.04 bits per heavy atom. The average molecular weight is 674 g/mol. The van der Waals surface area contributed by atoms with Crippen LogP contribution < -0.4 is 10.6 Å². The molecule has 11 nitrogen and oxygen atoms in total. The van der Waals surface area contributed by atoms with Crippen molar-refractivity contribution in [3.63, 3.8) is 0 Å². The highest BCUT2D eigenvalue weighted by Crippen LogP contribution is 2.30. The monoisotopic (exact) mass is 672 g/mol. The van der Waals surface area contributed by atoms with Gasteiger partial charge in [-0.15, -0.1) is 0 Å². The number of rotatable bonds is 11. The molecule has 0 fully saturated rings. The third-order valence-corrected chi connectivity index (χ3v) is 7.45. The number of nitrogens with zero attached hydrogens (tertiary/aromatic N) is 3. The zero-order valence-corrected chi connectivity index (χ0v) is 26.9. The van der Waals surface area contributed by atoms with Crippen molar-refractivity contribution in [2.75, 3.05) is 19.0 Å². The fraction of sp³-hybridized carbons (Fsp3) is 0.147. The Labute approximate surface area is 280 Å². The molecule has 5 aromatic rings. The van der Waals surface area contributed by atoms with Gasteiger partial charge in [-0.3, -0.25) is 10.1 Å². The first-order valence-corrected chi connectivity index (χ1v) is 15.2. The Balaban J connectivity index is 1.39. The maximum atomic E-state index is 13.4. The van der Waals surface area contributed by atoms with Gasteiger partial charge >= 0.3 is 12.1 Å². The van der Waals surface area contributed by atoms with Gasteiger partial charge in [0.05, 0.1) is 37.2 Å². The molecule has 0 spiro atoms. The lowest BCUT2D eigenvalue weighted by Crippen LogP contribution is -2.29. The number of ether oxygens (including phenoxy) is 2. The summed E-state index contributed by atoms with van der Waals surface area (Å²) in [5, 5.41) is 10.7. The minimum absolute atomic E-state index is 0.244. The molecule has 240 valence electrons. The smallest absolute Gasteiger partial charge is 0.411 e. The normalized spacial score (nSPS) is 11.7. The van der Waals surface area contributed by atoms with Gasteiger partial charge in [-0.25, -0.2) is 19.3 Å². The van der Waals surface area contributed by atoms with Crippen LogP contribution in [0.4, 0.5) is 10.5 Å². The van der Waals surface area contributed by atoms with Gasteiger partial charge in [0.2, 0.25) is 5.91 Å². The van der Waals surface area contributed by atoms with Crippen LogP contribution >= 0.6 is 23.2 Å². The zero-order chi connectivity index (χ0) is 33.3. The Bertz CT molecular complexity index is 1900. The number of carbonyl (C=O) groups excluding carboxylic acids is 3. The van der Waals surface area contributed by atoms with Gasteiger partial charge < -0.3 is 19.8 Å². The molecule has 1 atom stereocenters. The van der Waals surface area contributed by atoms with E-state index in [1.165, 1.54) is 24.1 Å². The van der Waals surface area contributed by atoms with Crippen LogP contribution in [0.2, 0.25) is 10.2 Å². The van der Waals surface area contributed by atoms with Crippen molar-refractivity contribution in [2.45, 2.75) is 19.4 Å². The topological polar surface area (TPSA) is 140 Å². The quantitative estimate of drug-likeness (QED) is 0.101. The van der Waals surface area contributed by atoms with E-state index in [1.54, 1.807) is 61.7 Å². The minimum atomic E-state index is -0.581. The highest BCUT2D eigenvalue weighted by Gasteiger charge is 2.21. The third kappa shape index (κ3) is 8.46. The zero-order valence-electron chi connectivity index (χ0n) is 25.4. The number of halogens is 2. The predicted octanol–water partition coefficient (Wildman–Crippen LogP) is 7.04. The summed E-state index contributed by atoms with van der Waals surface area (Å²) in [6, 6.07) is 21.2. The summed E-state index contributed by atoms with van der Waals surface area (Å²) in [5.74, 6) is -0.418. The maximum Gasteiger partial charge on any atom is 0.411 e. The lowest BCUT2D eigenvalue weighted by atomic mass is 10.1. The number of aromatic nitrogens is 4. The molecule has 0 radical (unpaired) electrons. The molecule has 2 aromatic heterocycles. The standard InChI is InChI=1S/C34H30Cl2N6O5/c1-3-47-33(44)24-19-37-42(20-24)28-15-12-25(35)18-23(28)11-16-29(43)39-27(17-21-7-5-4-6-8-21)32-40-30(31(36)41-32)22-9-13-26(14-10-22)38-34(45)46-2/h4-16,18-20,27H,3,17H2,1-2H3,(H,38,45)(H,39,43)(H,40,41)/b16-11+/t27-/m0/s1. The number of carbonyl (C=O) groups is 3. The average Bonchev–Trinajstić information content (AvgIpc) is 3.72. The number of hydrogen-bond acceptors (Lipinski definition) is 7. The molecule has 13 heteroatoms. The minimum Gasteiger partial charge on any atom is -0.462 e. The first-order chi connectivity index (χ1) is 22.7. The van der Waals surface area contributed by atoms with E-state index in [4.69, 9.17) is 32.9 Å². The van der Waals surface area contributed by atoms with Crippen molar-refractivity contribution in [2.24, 2.45) is 0 Å². The van der Waals surface area contributed by atoms with Crippen LogP contribution in [0.15, 0.2) is 91.3 Å². The molecule has 0 aliphatic carbocycles. The van der Waals surface area contributed by atoms with Crippen molar-refractivity contribution in [1.82, 2.24) is 25.1 Å². The second-order valence-corrected chi connectivity index (χ2v) is 11.0. The molecule has 0 aliphatic rings. The number of esters is 1. The largest absolute Gasteiger partial charge is 0.462 e. The number of imidazole rings is 1. The highest BCUT2D eigenvalue weighted by atomic mass is 35.5. The molecule has 0 saturated heterocycles. The second kappa shape index (κ2) is 15.3. The van der Waals surface area contributed by atoms with Gasteiger partial charge in [-0.2, -0.15) is 5.10 Å². The predicted molar refractivity (Wildman–Crippen MR) is 180 cm³/mol. The van der Waals surface area contributed by atoms with Crippen LogP contribution in [0.25, 0.3) is 23.0 Å². The van der Waals surface area contributed by atoms with Gasteiger partial charge in [0.25, 0.3) is 0 Å². The van der Waals surface area contributed by atoms with E-state index >= 15 is 0 Å². The Kier molecular flexibility index (Phi) is 10.7. The number of nitrogens with one attached hydrogen (secondary N) is 3. The van der Waals surface area contributed by atoms with E-state index in [1.807, 2.05) is 30.3 Å². The lowest BCUT2D eigenvalue weighted by Gasteiger charge is -2.16. The van der Waals surface area contributed by atoms with E-state index in [-0.39, 0.29) is 6.61 Å². The van der Waals surface area contributed by atoms with Crippen molar-refractivity contribution >= 4 is 52.9 Å². The SMILES string of the molecule is CCOC(=O)c1cnn(-c2ccc(Cl)cc2/C=C/C(=O)N[C@@H](Cc2ccccc2)c2nc(-c3ccc(NC(=O)OC)cc3)c(Cl)[nH]2)c1. The molecular weight excluding hydrogens is 643 g/mol. The fourth-order valence-electron chi connectivity index (χ4n) is 4.70. The molecule has 47 heavy (non-hydrogen) atoms. The second-order valence-electron chi connectivity index (χ2n) is 10.2. The molecular formula is C34H30Cl2N6O5. The summed E-state index contributed by atoms with van der Waals surface area (Å²) in [7, 11) is 1.29. The van der Waals surface area contributed by atoms with Crippen LogP contribution in [0.3, 0.4) is 0 Å². The molecule has 0 saturated carbocycles. The highest BCUT2D eigenvalue weighted by molar-refractivity contribution is 6.32. The molecule has 3 N–H and O–H groups in total. The van der Waals surface area contributed by atoms with Gasteiger partial charge in [-0.05, 0) is 55.3 Å². The summed E-state index contributed by atoms with van der Waals surface area (Å²) < 4.78 is 11.2. The first kappa shape index (κ1) is 33.0. The van der Waals surface area contributed by atoms with E-state index < -0.39 is 24.0 Å². The van der Waals surface area contributed by atoms with E-state index in [2.05, 4.69) is 25.5 Å². The van der Waals surface area contributed by atoms with Crippen LogP contribution in [0.5, 0.6) is 0 Å². The molecule has 0 unspecified atom stereocenters. The lowest BCUT2D eigenvalue weighted by molar-refractivity contribution is -0.117. The molecule has 5 rings (SSSR count). The third-order valence-electron chi connectivity index (χ3n) is 6.94. The van der Waals surface area contributed by atoms with Crippen molar-refractivity contribution in [3.05, 3.63) is 124 Å². The molecule has 2 heterocycles. The number of aromatic amines is 1. The van der Waals surface area contributed by atoms with E-state index in [0.717, 1.165) is 5.56 Å². The summed E-state index contributed by atoms with van der Waals surface area (Å²) in [6.07, 6.45) is 5.82. The summed E-state index contributed by atoms with van der Waals surface area (Å²) in [4.78, 5) is 44.9. The Hall–Kier alpha value is -5.39. The summed E-state index contributed by atoms with van der Waals surface area (Å²) in [5.41, 5.74) is 4.20. The van der Waals surface area contributed by atoms with Crippen LogP contribution in [0.1, 0.15) is 40.3 Å². The Morgan fingerprint density at radius 2 is 1.81 bits per heavy atom. The van der Waals surface area contributed by atoms with Gasteiger partial charge in [-0.1, -0.05) is 65.7 Å². The summed E-state index contributed by atoms with van der Waals surface area (Å²) >= 11 is 12.9. The van der Waals surface area contributed by atoms with Gasteiger partial charge in [0.1, 0.15) is 16.7 Å². The van der Waals surface area contributed by atoms with Crippen LogP contribution in [0, 0.1) is 0 Å². The van der Waals surface area contributed by atoms with Gasteiger partial charge in [0.15, 0.2) is 0 Å².